The molecule has 1 nitrogen and oxygen atoms in total. The monoisotopic (exact) mass is 191 g/mol. The predicted octanol–water partition coefficient (Wildman–Crippen LogP) is 3.37. The van der Waals surface area contributed by atoms with E-state index in [0.717, 1.165) is 0 Å². The molecule has 14 heavy (non-hydrogen) atoms. The van der Waals surface area contributed by atoms with Crippen molar-refractivity contribution in [1.82, 2.24) is 4.57 Å². The van der Waals surface area contributed by atoms with Crippen LogP contribution in [-0.2, 0) is 18.4 Å². The lowest BCUT2D eigenvalue weighted by molar-refractivity contribution is 0.264. The van der Waals surface area contributed by atoms with E-state index in [1.807, 2.05) is 0 Å². The standard InChI is InChI=1S/C13H21N/c1-12(2,3)7-10-6-11-8-13(4,5)14(11)9-10/h6,9H,7-8H2,1-5H3. The van der Waals surface area contributed by atoms with E-state index < -0.39 is 0 Å². The molecule has 0 atom stereocenters. The van der Waals surface area contributed by atoms with Gasteiger partial charge in [0.15, 0.2) is 0 Å². The van der Waals surface area contributed by atoms with Gasteiger partial charge in [-0.25, -0.2) is 0 Å². The summed E-state index contributed by atoms with van der Waals surface area (Å²) in [6, 6.07) is 2.37. The molecule has 1 aliphatic rings. The lowest BCUT2D eigenvalue weighted by atomic mass is 9.88. The van der Waals surface area contributed by atoms with Gasteiger partial charge in [0, 0.05) is 23.9 Å². The van der Waals surface area contributed by atoms with Crippen LogP contribution in [0.1, 0.15) is 45.9 Å². The van der Waals surface area contributed by atoms with Crippen molar-refractivity contribution in [1.29, 1.82) is 0 Å². The van der Waals surface area contributed by atoms with E-state index in [-0.39, 0.29) is 0 Å². The van der Waals surface area contributed by atoms with Gasteiger partial charge in [0.25, 0.3) is 0 Å². The highest BCUT2D eigenvalue weighted by molar-refractivity contribution is 5.28. The molecule has 0 bridgehead atoms. The molecular formula is C13H21N. The smallest absolute Gasteiger partial charge is 0.0441 e. The Labute approximate surface area is 87.1 Å². The molecule has 0 unspecified atom stereocenters. The molecular weight excluding hydrogens is 170 g/mol. The normalized spacial score (nSPS) is 18.9. The van der Waals surface area contributed by atoms with Crippen molar-refractivity contribution < 1.29 is 0 Å². The van der Waals surface area contributed by atoms with Crippen LogP contribution in [0.3, 0.4) is 0 Å². The minimum Gasteiger partial charge on any atom is -0.345 e. The van der Waals surface area contributed by atoms with Gasteiger partial charge in [-0.05, 0) is 37.3 Å². The summed E-state index contributed by atoms with van der Waals surface area (Å²) in [6.45, 7) is 11.5. The summed E-state index contributed by atoms with van der Waals surface area (Å²) in [5.41, 5.74) is 3.77. The fraction of sp³-hybridized carbons (Fsp3) is 0.692. The fourth-order valence-corrected chi connectivity index (χ4v) is 2.42. The average Bonchev–Trinajstić information content (AvgIpc) is 2.25. The van der Waals surface area contributed by atoms with E-state index in [4.69, 9.17) is 0 Å². The molecule has 1 heteroatoms. The minimum absolute atomic E-state index is 0.367. The molecule has 0 saturated carbocycles. The van der Waals surface area contributed by atoms with Gasteiger partial charge in [-0.15, -0.1) is 0 Å². The molecule has 1 aromatic rings. The maximum Gasteiger partial charge on any atom is 0.0441 e. The molecule has 0 aromatic carbocycles. The topological polar surface area (TPSA) is 4.93 Å². The first-order valence-corrected chi connectivity index (χ1v) is 5.49. The molecule has 2 heterocycles. The van der Waals surface area contributed by atoms with Crippen molar-refractivity contribution in [2.24, 2.45) is 5.41 Å². The third kappa shape index (κ3) is 1.60. The van der Waals surface area contributed by atoms with Crippen molar-refractivity contribution in [3.05, 3.63) is 23.5 Å². The number of hydrogen-bond acceptors (Lipinski definition) is 0. The number of nitrogens with zero attached hydrogens (tertiary/aromatic N) is 1. The van der Waals surface area contributed by atoms with Crippen molar-refractivity contribution in [3.8, 4) is 0 Å². The Hall–Kier alpha value is -0.720. The molecule has 0 saturated heterocycles. The number of fused-ring (bicyclic) bond motifs is 1. The first kappa shape index (κ1) is 9.82. The zero-order chi connectivity index (χ0) is 10.6. The van der Waals surface area contributed by atoms with E-state index in [1.165, 1.54) is 24.1 Å². The first-order chi connectivity index (χ1) is 6.28. The van der Waals surface area contributed by atoms with Gasteiger partial charge in [-0.3, -0.25) is 0 Å². The third-order valence-electron chi connectivity index (χ3n) is 2.96. The van der Waals surface area contributed by atoms with Crippen LogP contribution in [-0.4, -0.2) is 4.57 Å². The minimum atomic E-state index is 0.367. The van der Waals surface area contributed by atoms with Crippen molar-refractivity contribution in [2.45, 2.75) is 53.0 Å². The lowest BCUT2D eigenvalue weighted by Gasteiger charge is -2.38. The summed E-state index contributed by atoms with van der Waals surface area (Å²) >= 11 is 0. The van der Waals surface area contributed by atoms with Crippen LogP contribution in [0.25, 0.3) is 0 Å². The van der Waals surface area contributed by atoms with E-state index >= 15 is 0 Å². The van der Waals surface area contributed by atoms with Gasteiger partial charge >= 0.3 is 0 Å². The molecule has 0 amide bonds. The molecule has 2 rings (SSSR count). The molecule has 0 fully saturated rings. The molecule has 0 N–H and O–H groups in total. The zero-order valence-electron chi connectivity index (χ0n) is 10.0. The van der Waals surface area contributed by atoms with Gasteiger partial charge in [0.05, 0.1) is 0 Å². The number of hydrogen-bond donors (Lipinski definition) is 0. The van der Waals surface area contributed by atoms with Crippen molar-refractivity contribution >= 4 is 0 Å². The van der Waals surface area contributed by atoms with Crippen molar-refractivity contribution in [2.75, 3.05) is 0 Å². The van der Waals surface area contributed by atoms with Crippen LogP contribution in [0.15, 0.2) is 12.3 Å². The Morgan fingerprint density at radius 2 is 2.00 bits per heavy atom. The van der Waals surface area contributed by atoms with E-state index in [1.54, 1.807) is 0 Å². The number of rotatable bonds is 1. The van der Waals surface area contributed by atoms with Gasteiger partial charge < -0.3 is 4.57 Å². The van der Waals surface area contributed by atoms with E-state index in [0.29, 0.717) is 11.0 Å². The Bertz CT molecular complexity index is 350. The summed E-state index contributed by atoms with van der Waals surface area (Å²) in [4.78, 5) is 0. The average molecular weight is 191 g/mol. The van der Waals surface area contributed by atoms with Gasteiger partial charge in [0.2, 0.25) is 0 Å². The summed E-state index contributed by atoms with van der Waals surface area (Å²) in [7, 11) is 0. The highest BCUT2D eigenvalue weighted by Crippen LogP contribution is 2.35. The largest absolute Gasteiger partial charge is 0.345 e. The van der Waals surface area contributed by atoms with Gasteiger partial charge in [-0.1, -0.05) is 20.8 Å². The Morgan fingerprint density at radius 1 is 1.36 bits per heavy atom. The van der Waals surface area contributed by atoms with Gasteiger partial charge in [-0.2, -0.15) is 0 Å². The number of aromatic nitrogens is 1. The zero-order valence-corrected chi connectivity index (χ0v) is 10.0. The molecule has 78 valence electrons. The first-order valence-electron chi connectivity index (χ1n) is 5.49. The highest BCUT2D eigenvalue weighted by Gasteiger charge is 2.33. The summed E-state index contributed by atoms with van der Waals surface area (Å²) in [5.74, 6) is 0. The molecule has 1 aliphatic heterocycles. The van der Waals surface area contributed by atoms with Gasteiger partial charge in [0.1, 0.15) is 0 Å². The Balaban J connectivity index is 2.20. The fourth-order valence-electron chi connectivity index (χ4n) is 2.42. The van der Waals surface area contributed by atoms with Crippen LogP contribution in [0.5, 0.6) is 0 Å². The molecule has 0 radical (unpaired) electrons. The maximum atomic E-state index is 2.42. The summed E-state index contributed by atoms with van der Waals surface area (Å²) in [6.07, 6.45) is 4.75. The Morgan fingerprint density at radius 3 is 2.43 bits per heavy atom. The maximum absolute atomic E-state index is 2.42. The second kappa shape index (κ2) is 2.65. The third-order valence-corrected chi connectivity index (χ3v) is 2.96. The van der Waals surface area contributed by atoms with E-state index in [2.05, 4.69) is 51.4 Å². The second-order valence-corrected chi connectivity index (χ2v) is 6.44. The van der Waals surface area contributed by atoms with E-state index in [9.17, 15) is 0 Å². The van der Waals surface area contributed by atoms with Crippen LogP contribution in [0.2, 0.25) is 0 Å². The molecule has 0 aliphatic carbocycles. The highest BCUT2D eigenvalue weighted by atomic mass is 15.1. The van der Waals surface area contributed by atoms with Crippen LogP contribution in [0.4, 0.5) is 0 Å². The van der Waals surface area contributed by atoms with Crippen LogP contribution >= 0.6 is 0 Å². The van der Waals surface area contributed by atoms with Crippen LogP contribution < -0.4 is 0 Å². The SMILES string of the molecule is CC(C)(C)Cc1cc2n(c1)C(C)(C)C2. The lowest BCUT2D eigenvalue weighted by Crippen LogP contribution is -2.39. The van der Waals surface area contributed by atoms with Crippen molar-refractivity contribution in [3.63, 3.8) is 0 Å². The van der Waals surface area contributed by atoms with Crippen LogP contribution in [0, 0.1) is 5.41 Å². The molecule has 0 spiro atoms. The summed E-state index contributed by atoms with van der Waals surface area (Å²) in [5, 5.41) is 0. The molecule has 1 aromatic heterocycles. The Kier molecular flexibility index (Phi) is 1.86. The predicted molar refractivity (Wildman–Crippen MR) is 60.6 cm³/mol. The summed E-state index contributed by atoms with van der Waals surface area (Å²) < 4.78 is 2.42. The second-order valence-electron chi connectivity index (χ2n) is 6.44. The quantitative estimate of drug-likeness (QED) is 0.641.